The molecule has 0 amide bonds. The molecule has 0 atom stereocenters. The van der Waals surface area contributed by atoms with Gasteiger partial charge in [0, 0.05) is 17.1 Å². The van der Waals surface area contributed by atoms with E-state index in [-0.39, 0.29) is 0 Å². The zero-order valence-corrected chi connectivity index (χ0v) is 13.8. The minimum Gasteiger partial charge on any atom is -0.496 e. The Labute approximate surface area is 130 Å². The summed E-state index contributed by atoms with van der Waals surface area (Å²) in [5.41, 5.74) is 1.79. The summed E-state index contributed by atoms with van der Waals surface area (Å²) in [7, 11) is 1.77. The summed E-state index contributed by atoms with van der Waals surface area (Å²) >= 11 is 3.59. The highest BCUT2D eigenvalue weighted by molar-refractivity contribution is 9.10. The van der Waals surface area contributed by atoms with Gasteiger partial charge in [-0.25, -0.2) is 0 Å². The van der Waals surface area contributed by atoms with Crippen molar-refractivity contribution in [1.29, 1.82) is 0 Å². The SMILES string of the molecule is COc1ccc(Br)cc1CC1(CNC2CC2)CCCC1. The van der Waals surface area contributed by atoms with Gasteiger partial charge in [0.2, 0.25) is 0 Å². The molecule has 20 heavy (non-hydrogen) atoms. The minimum atomic E-state index is 0.441. The van der Waals surface area contributed by atoms with Gasteiger partial charge in [0.05, 0.1) is 7.11 Å². The molecule has 0 bridgehead atoms. The van der Waals surface area contributed by atoms with Crippen LogP contribution in [0.5, 0.6) is 5.75 Å². The average molecular weight is 338 g/mol. The first kappa shape index (κ1) is 14.4. The van der Waals surface area contributed by atoms with Gasteiger partial charge in [-0.15, -0.1) is 0 Å². The summed E-state index contributed by atoms with van der Waals surface area (Å²) in [6.07, 6.45) is 9.33. The van der Waals surface area contributed by atoms with Gasteiger partial charge in [0.25, 0.3) is 0 Å². The number of nitrogens with one attached hydrogen (secondary N) is 1. The Balaban J connectivity index is 1.76. The molecule has 2 fully saturated rings. The largest absolute Gasteiger partial charge is 0.496 e. The lowest BCUT2D eigenvalue weighted by molar-refractivity contribution is 0.272. The number of benzene rings is 1. The molecule has 1 aromatic rings. The molecule has 0 radical (unpaired) electrons. The van der Waals surface area contributed by atoms with Gasteiger partial charge in [-0.2, -0.15) is 0 Å². The first-order valence-corrected chi connectivity index (χ1v) is 8.56. The second-order valence-corrected chi connectivity index (χ2v) is 7.41. The maximum Gasteiger partial charge on any atom is 0.122 e. The fourth-order valence-corrected chi connectivity index (χ4v) is 3.89. The van der Waals surface area contributed by atoms with E-state index < -0.39 is 0 Å². The molecule has 0 saturated heterocycles. The lowest BCUT2D eigenvalue weighted by Crippen LogP contribution is -2.35. The van der Waals surface area contributed by atoms with Crippen molar-refractivity contribution in [2.75, 3.05) is 13.7 Å². The van der Waals surface area contributed by atoms with Crippen molar-refractivity contribution in [2.45, 2.75) is 51.0 Å². The third kappa shape index (κ3) is 3.37. The van der Waals surface area contributed by atoms with E-state index in [2.05, 4.69) is 39.4 Å². The van der Waals surface area contributed by atoms with Crippen molar-refractivity contribution in [3.8, 4) is 5.75 Å². The normalized spacial score (nSPS) is 21.1. The van der Waals surface area contributed by atoms with Crippen LogP contribution in [0.1, 0.15) is 44.1 Å². The smallest absolute Gasteiger partial charge is 0.122 e. The van der Waals surface area contributed by atoms with Gasteiger partial charge in [-0.3, -0.25) is 0 Å². The highest BCUT2D eigenvalue weighted by Crippen LogP contribution is 2.43. The van der Waals surface area contributed by atoms with Crippen LogP contribution in [0.4, 0.5) is 0 Å². The van der Waals surface area contributed by atoms with Gasteiger partial charge in [0.15, 0.2) is 0 Å². The summed E-state index contributed by atoms with van der Waals surface area (Å²) in [6.45, 7) is 1.17. The van der Waals surface area contributed by atoms with Crippen molar-refractivity contribution in [1.82, 2.24) is 5.32 Å². The Hall–Kier alpha value is -0.540. The number of rotatable bonds is 6. The minimum absolute atomic E-state index is 0.441. The van der Waals surface area contributed by atoms with Crippen LogP contribution in [0, 0.1) is 5.41 Å². The predicted molar refractivity (Wildman–Crippen MR) is 86.3 cm³/mol. The quantitative estimate of drug-likeness (QED) is 0.834. The van der Waals surface area contributed by atoms with Gasteiger partial charge in [-0.05, 0) is 61.3 Å². The first-order chi connectivity index (χ1) is 9.71. The Morgan fingerprint density at radius 3 is 2.70 bits per heavy atom. The lowest BCUT2D eigenvalue weighted by Gasteiger charge is -2.30. The first-order valence-electron chi connectivity index (χ1n) is 7.77. The number of ether oxygens (including phenoxy) is 1. The molecule has 3 rings (SSSR count). The van der Waals surface area contributed by atoms with Crippen LogP contribution in [0.15, 0.2) is 22.7 Å². The van der Waals surface area contributed by atoms with Crippen LogP contribution in [0.25, 0.3) is 0 Å². The molecule has 0 spiro atoms. The molecule has 0 aliphatic heterocycles. The van der Waals surface area contributed by atoms with Crippen molar-refractivity contribution in [2.24, 2.45) is 5.41 Å². The van der Waals surface area contributed by atoms with Gasteiger partial charge < -0.3 is 10.1 Å². The van der Waals surface area contributed by atoms with E-state index in [0.29, 0.717) is 5.41 Å². The fraction of sp³-hybridized carbons (Fsp3) is 0.647. The Kier molecular flexibility index (Phi) is 4.37. The van der Waals surface area contributed by atoms with Crippen molar-refractivity contribution >= 4 is 15.9 Å². The molecular weight excluding hydrogens is 314 g/mol. The molecule has 2 aliphatic carbocycles. The van der Waals surface area contributed by atoms with E-state index in [4.69, 9.17) is 4.74 Å². The summed E-state index contributed by atoms with van der Waals surface area (Å²) in [6, 6.07) is 7.18. The highest BCUT2D eigenvalue weighted by atomic mass is 79.9. The topological polar surface area (TPSA) is 21.3 Å². The maximum atomic E-state index is 5.55. The monoisotopic (exact) mass is 337 g/mol. The summed E-state index contributed by atoms with van der Waals surface area (Å²) < 4.78 is 6.70. The average Bonchev–Trinajstić information content (AvgIpc) is 3.17. The molecule has 2 saturated carbocycles. The van der Waals surface area contributed by atoms with E-state index in [0.717, 1.165) is 22.7 Å². The molecule has 0 unspecified atom stereocenters. The van der Waals surface area contributed by atoms with Gasteiger partial charge >= 0.3 is 0 Å². The van der Waals surface area contributed by atoms with Crippen LogP contribution in [0.3, 0.4) is 0 Å². The molecule has 2 aliphatic rings. The predicted octanol–water partition coefficient (Wildman–Crippen LogP) is 4.31. The molecule has 0 heterocycles. The van der Waals surface area contributed by atoms with Crippen molar-refractivity contribution in [3.05, 3.63) is 28.2 Å². The van der Waals surface area contributed by atoms with E-state index in [1.54, 1.807) is 7.11 Å². The maximum absolute atomic E-state index is 5.55. The molecule has 1 N–H and O–H groups in total. The number of halogens is 1. The van der Waals surface area contributed by atoms with Gasteiger partial charge in [0.1, 0.15) is 5.75 Å². The van der Waals surface area contributed by atoms with Crippen LogP contribution < -0.4 is 10.1 Å². The van der Waals surface area contributed by atoms with Crippen LogP contribution >= 0.6 is 15.9 Å². The van der Waals surface area contributed by atoms with Crippen LogP contribution in [-0.2, 0) is 6.42 Å². The Morgan fingerprint density at radius 2 is 2.05 bits per heavy atom. The summed E-state index contributed by atoms with van der Waals surface area (Å²) in [4.78, 5) is 0. The van der Waals surface area contributed by atoms with Gasteiger partial charge in [-0.1, -0.05) is 28.8 Å². The molecule has 3 heteroatoms. The van der Waals surface area contributed by atoms with E-state index in [1.807, 2.05) is 0 Å². The summed E-state index contributed by atoms with van der Waals surface area (Å²) in [5.74, 6) is 1.03. The van der Waals surface area contributed by atoms with Crippen molar-refractivity contribution in [3.63, 3.8) is 0 Å². The molecule has 0 aromatic heterocycles. The third-order valence-corrected chi connectivity index (χ3v) is 5.31. The number of methoxy groups -OCH3 is 1. The number of hydrogen-bond acceptors (Lipinski definition) is 2. The highest BCUT2D eigenvalue weighted by Gasteiger charge is 2.36. The summed E-state index contributed by atoms with van der Waals surface area (Å²) in [5, 5.41) is 3.76. The molecule has 1 aromatic carbocycles. The molecular formula is C17H24BrNO. The van der Waals surface area contributed by atoms with Crippen LogP contribution in [-0.4, -0.2) is 19.7 Å². The molecule has 110 valence electrons. The second kappa shape index (κ2) is 6.07. The van der Waals surface area contributed by atoms with E-state index in [9.17, 15) is 0 Å². The fourth-order valence-electron chi connectivity index (χ4n) is 3.48. The van der Waals surface area contributed by atoms with E-state index >= 15 is 0 Å². The third-order valence-electron chi connectivity index (χ3n) is 4.82. The van der Waals surface area contributed by atoms with Crippen LogP contribution in [0.2, 0.25) is 0 Å². The Bertz CT molecular complexity index is 464. The Morgan fingerprint density at radius 1 is 1.30 bits per heavy atom. The zero-order valence-electron chi connectivity index (χ0n) is 12.3. The number of hydrogen-bond donors (Lipinski definition) is 1. The standard InChI is InChI=1S/C17H24BrNO/c1-20-16-7-4-14(18)10-13(16)11-17(8-2-3-9-17)12-19-15-5-6-15/h4,7,10,15,19H,2-3,5-6,8-9,11-12H2,1H3. The lowest BCUT2D eigenvalue weighted by atomic mass is 9.79. The molecule has 2 nitrogen and oxygen atoms in total. The second-order valence-electron chi connectivity index (χ2n) is 6.50. The van der Waals surface area contributed by atoms with E-state index in [1.165, 1.54) is 50.6 Å². The van der Waals surface area contributed by atoms with Crippen molar-refractivity contribution < 1.29 is 4.74 Å². The zero-order chi connectivity index (χ0) is 14.0.